The summed E-state index contributed by atoms with van der Waals surface area (Å²) in [5.74, 6) is -0.823. The summed E-state index contributed by atoms with van der Waals surface area (Å²) in [6.45, 7) is 5.43. The van der Waals surface area contributed by atoms with Gasteiger partial charge in [0.1, 0.15) is 6.04 Å². The zero-order chi connectivity index (χ0) is 24.6. The summed E-state index contributed by atoms with van der Waals surface area (Å²) < 4.78 is 20.1. The maximum absolute atomic E-state index is 14.8. The number of amides is 2. The monoisotopic (exact) mass is 494 g/mol. The van der Waals surface area contributed by atoms with Crippen molar-refractivity contribution in [1.82, 2.24) is 10.3 Å². The molecule has 2 aromatic carbocycles. The molecule has 7 nitrogen and oxygen atoms in total. The van der Waals surface area contributed by atoms with E-state index in [4.69, 9.17) is 4.74 Å². The number of alkyl halides is 1. The summed E-state index contributed by atoms with van der Waals surface area (Å²) in [6.07, 6.45) is 1.21. The second-order valence-electron chi connectivity index (χ2n) is 9.18. The van der Waals surface area contributed by atoms with E-state index in [9.17, 15) is 14.0 Å². The van der Waals surface area contributed by atoms with Gasteiger partial charge < -0.3 is 20.3 Å². The summed E-state index contributed by atoms with van der Waals surface area (Å²) in [5, 5.41) is 7.83. The number of thiazole rings is 1. The van der Waals surface area contributed by atoms with Crippen LogP contribution in [0, 0.1) is 0 Å². The molecule has 0 saturated carbocycles. The van der Waals surface area contributed by atoms with Crippen LogP contribution in [0.25, 0.3) is 11.3 Å². The van der Waals surface area contributed by atoms with E-state index < -0.39 is 17.6 Å². The number of ether oxygens (including phenoxy) is 1. The number of rotatable bonds is 6. The third-order valence-electron chi connectivity index (χ3n) is 6.40. The van der Waals surface area contributed by atoms with Crippen LogP contribution in [-0.4, -0.2) is 42.5 Å². The molecule has 2 N–H and O–H groups in total. The van der Waals surface area contributed by atoms with E-state index in [0.29, 0.717) is 22.9 Å². The quantitative estimate of drug-likeness (QED) is 0.528. The number of halogens is 1. The van der Waals surface area contributed by atoms with E-state index in [-0.39, 0.29) is 12.5 Å². The summed E-state index contributed by atoms with van der Waals surface area (Å²) in [6, 6.07) is 12.3. The van der Waals surface area contributed by atoms with Crippen molar-refractivity contribution in [2.75, 3.05) is 29.9 Å². The van der Waals surface area contributed by atoms with Crippen LogP contribution in [0.4, 0.5) is 15.2 Å². The predicted octanol–water partition coefficient (Wildman–Crippen LogP) is 4.49. The van der Waals surface area contributed by atoms with Crippen molar-refractivity contribution in [2.24, 2.45) is 0 Å². The van der Waals surface area contributed by atoms with Gasteiger partial charge in [-0.25, -0.2) is 9.37 Å². The number of benzene rings is 2. The maximum atomic E-state index is 14.8. The molecule has 5 rings (SSSR count). The highest BCUT2D eigenvalue weighted by Crippen LogP contribution is 2.34. The fourth-order valence-electron chi connectivity index (χ4n) is 4.22. The minimum Gasteiger partial charge on any atom is -0.373 e. The predicted molar refractivity (Wildman–Crippen MR) is 134 cm³/mol. The number of fused-ring (bicyclic) bond motifs is 1. The molecule has 2 aliphatic rings. The third-order valence-corrected chi connectivity index (χ3v) is 7.16. The van der Waals surface area contributed by atoms with Gasteiger partial charge in [-0.05, 0) is 55.7 Å². The van der Waals surface area contributed by atoms with Crippen molar-refractivity contribution < 1.29 is 18.7 Å². The first kappa shape index (κ1) is 23.4. The van der Waals surface area contributed by atoms with Gasteiger partial charge in [-0.2, -0.15) is 0 Å². The van der Waals surface area contributed by atoms with Crippen molar-refractivity contribution in [3.05, 3.63) is 64.5 Å². The number of nitrogens with zero attached hydrogens (tertiary/aromatic N) is 2. The van der Waals surface area contributed by atoms with E-state index >= 15 is 0 Å². The van der Waals surface area contributed by atoms with Gasteiger partial charge in [0.15, 0.2) is 10.8 Å². The zero-order valence-corrected chi connectivity index (χ0v) is 20.5. The lowest BCUT2D eigenvalue weighted by molar-refractivity contribution is -0.117. The molecular formula is C26H27FN4O3S. The molecule has 3 heterocycles. The van der Waals surface area contributed by atoms with Gasteiger partial charge in [-0.3, -0.25) is 9.59 Å². The lowest BCUT2D eigenvalue weighted by Gasteiger charge is -2.33. The van der Waals surface area contributed by atoms with Gasteiger partial charge in [0.05, 0.1) is 18.9 Å². The summed E-state index contributed by atoms with van der Waals surface area (Å²) in [5.41, 5.74) is 2.76. The van der Waals surface area contributed by atoms with Crippen LogP contribution < -0.4 is 15.5 Å². The van der Waals surface area contributed by atoms with Gasteiger partial charge in [0.2, 0.25) is 5.91 Å². The lowest BCUT2D eigenvalue weighted by atomic mass is 9.90. The molecule has 9 heteroatoms. The van der Waals surface area contributed by atoms with Crippen LogP contribution in [0.15, 0.2) is 47.8 Å². The molecule has 3 aromatic rings. The molecule has 2 atom stereocenters. The second-order valence-corrected chi connectivity index (χ2v) is 10.0. The fraction of sp³-hybridized carbons (Fsp3) is 0.346. The van der Waals surface area contributed by atoms with Crippen LogP contribution in [0.5, 0.6) is 0 Å². The van der Waals surface area contributed by atoms with E-state index in [1.165, 1.54) is 30.4 Å². The van der Waals surface area contributed by atoms with E-state index in [2.05, 4.69) is 32.7 Å². The molecule has 0 aliphatic carbocycles. The summed E-state index contributed by atoms with van der Waals surface area (Å²) in [7, 11) is 0. The number of nitrogens with one attached hydrogen (secondary N) is 2. The van der Waals surface area contributed by atoms with Crippen molar-refractivity contribution in [2.45, 2.75) is 38.6 Å². The molecule has 1 aromatic heterocycles. The Morgan fingerprint density at radius 1 is 1.23 bits per heavy atom. The highest BCUT2D eigenvalue weighted by molar-refractivity contribution is 7.14. The molecule has 0 bridgehead atoms. The largest absolute Gasteiger partial charge is 0.373 e. The summed E-state index contributed by atoms with van der Waals surface area (Å²) in [4.78, 5) is 32.3. The lowest BCUT2D eigenvalue weighted by Crippen LogP contribution is -2.41. The third kappa shape index (κ3) is 4.92. The van der Waals surface area contributed by atoms with Gasteiger partial charge in [0, 0.05) is 35.3 Å². The fourth-order valence-corrected chi connectivity index (χ4v) is 4.94. The van der Waals surface area contributed by atoms with E-state index in [1.54, 1.807) is 25.1 Å². The Morgan fingerprint density at radius 2 is 2.06 bits per heavy atom. The van der Waals surface area contributed by atoms with E-state index in [1.807, 2.05) is 17.5 Å². The smallest absolute Gasteiger partial charge is 0.251 e. The SMILES string of the molecule is C[C@@H](NC(=O)c1ccc2c(c1)[C@](C)(F)COC2)C(=O)Nc1nc(-c2cccc(N3CCC3)c2)cs1. The first-order valence-corrected chi connectivity index (χ1v) is 12.5. The van der Waals surface area contributed by atoms with Gasteiger partial charge in [-0.15, -0.1) is 11.3 Å². The molecule has 0 radical (unpaired) electrons. The number of hydrogen-bond donors (Lipinski definition) is 2. The molecular weight excluding hydrogens is 467 g/mol. The molecule has 2 amide bonds. The Bertz CT molecular complexity index is 1270. The highest BCUT2D eigenvalue weighted by Gasteiger charge is 2.33. The van der Waals surface area contributed by atoms with Crippen LogP contribution in [0.1, 0.15) is 41.8 Å². The van der Waals surface area contributed by atoms with Crippen molar-refractivity contribution >= 4 is 34.0 Å². The van der Waals surface area contributed by atoms with Crippen LogP contribution in [-0.2, 0) is 21.8 Å². The molecule has 182 valence electrons. The van der Waals surface area contributed by atoms with Crippen LogP contribution in [0.3, 0.4) is 0 Å². The standard InChI is InChI=1S/C26H27FN4O3S/c1-16(28-24(33)18-7-8-19-13-34-15-26(2,27)21(19)12-18)23(32)30-25-29-22(14-35-25)17-5-3-6-20(11-17)31-9-4-10-31/h3,5-8,11-12,14,16H,4,9-10,13,15H2,1-2H3,(H,28,33)(H,29,30,32)/t16-,26-/m1/s1. The molecule has 35 heavy (non-hydrogen) atoms. The van der Waals surface area contributed by atoms with Crippen molar-refractivity contribution in [3.8, 4) is 11.3 Å². The molecule has 1 saturated heterocycles. The molecule has 1 fully saturated rings. The molecule has 0 unspecified atom stereocenters. The number of aromatic nitrogens is 1. The Hall–Kier alpha value is -3.30. The number of carbonyl (C=O) groups excluding carboxylic acids is 2. The Balaban J connectivity index is 1.22. The number of anilines is 2. The van der Waals surface area contributed by atoms with Crippen LogP contribution in [0.2, 0.25) is 0 Å². The van der Waals surface area contributed by atoms with Crippen molar-refractivity contribution in [3.63, 3.8) is 0 Å². The second kappa shape index (κ2) is 9.39. The number of carbonyl (C=O) groups is 2. The number of hydrogen-bond acceptors (Lipinski definition) is 6. The minimum absolute atomic E-state index is 0.0533. The normalized spacial score (nSPS) is 19.9. The van der Waals surface area contributed by atoms with Crippen LogP contribution >= 0.6 is 11.3 Å². The van der Waals surface area contributed by atoms with Gasteiger partial charge in [0.25, 0.3) is 5.91 Å². The topological polar surface area (TPSA) is 83.6 Å². The Morgan fingerprint density at radius 3 is 2.83 bits per heavy atom. The summed E-state index contributed by atoms with van der Waals surface area (Å²) >= 11 is 1.33. The Labute approximate surface area is 207 Å². The van der Waals surface area contributed by atoms with E-state index in [0.717, 1.165) is 29.9 Å². The molecule has 0 spiro atoms. The zero-order valence-electron chi connectivity index (χ0n) is 19.6. The highest BCUT2D eigenvalue weighted by atomic mass is 32.1. The molecule has 2 aliphatic heterocycles. The Kier molecular flexibility index (Phi) is 6.29. The minimum atomic E-state index is -1.66. The average Bonchev–Trinajstić information content (AvgIpc) is 3.26. The first-order valence-electron chi connectivity index (χ1n) is 11.6. The average molecular weight is 495 g/mol. The van der Waals surface area contributed by atoms with Crippen molar-refractivity contribution in [1.29, 1.82) is 0 Å². The van der Waals surface area contributed by atoms with Gasteiger partial charge >= 0.3 is 0 Å². The maximum Gasteiger partial charge on any atom is 0.251 e. The first-order chi connectivity index (χ1) is 16.8. The van der Waals surface area contributed by atoms with Gasteiger partial charge in [-0.1, -0.05) is 18.2 Å².